The zero-order valence-corrected chi connectivity index (χ0v) is 17.2. The maximum Gasteiger partial charge on any atom is 0.358 e. The molecule has 1 heterocycles. The Balaban J connectivity index is 1.51. The predicted octanol–water partition coefficient (Wildman–Crippen LogP) is 3.96. The van der Waals surface area contributed by atoms with Gasteiger partial charge >= 0.3 is 5.97 Å². The molecule has 1 aromatic heterocycles. The molecular formula is C22H23N3O3S. The zero-order chi connectivity index (χ0) is 20.6. The Labute approximate surface area is 174 Å². The van der Waals surface area contributed by atoms with Crippen molar-refractivity contribution in [1.82, 2.24) is 9.88 Å². The molecule has 0 aliphatic heterocycles. The normalized spacial score (nSPS) is 11.5. The average Bonchev–Trinajstić information content (AvgIpc) is 3.22. The quantitative estimate of drug-likeness (QED) is 0.570. The van der Waals surface area contributed by atoms with Crippen LogP contribution in [0, 0.1) is 0 Å². The number of thiazole rings is 1. The van der Waals surface area contributed by atoms with E-state index in [2.05, 4.69) is 10.3 Å². The van der Waals surface area contributed by atoms with E-state index in [4.69, 9.17) is 4.74 Å². The number of ether oxygens (including phenoxy) is 1. The Morgan fingerprint density at radius 1 is 1.07 bits per heavy atom. The lowest BCUT2D eigenvalue weighted by atomic mass is 10.2. The van der Waals surface area contributed by atoms with Crippen LogP contribution in [0.15, 0.2) is 66.0 Å². The highest BCUT2D eigenvalue weighted by Gasteiger charge is 2.23. The number of carbonyl (C=O) groups is 2. The van der Waals surface area contributed by atoms with Gasteiger partial charge in [0, 0.05) is 25.5 Å². The van der Waals surface area contributed by atoms with Gasteiger partial charge in [0.25, 0.3) is 5.91 Å². The van der Waals surface area contributed by atoms with Gasteiger partial charge < -0.3 is 15.0 Å². The van der Waals surface area contributed by atoms with Crippen LogP contribution in [-0.4, -0.2) is 34.9 Å². The average molecular weight is 410 g/mol. The minimum Gasteiger partial charge on any atom is -0.448 e. The van der Waals surface area contributed by atoms with Crippen molar-refractivity contribution >= 4 is 28.3 Å². The Morgan fingerprint density at radius 2 is 1.69 bits per heavy atom. The molecule has 7 heteroatoms. The van der Waals surface area contributed by atoms with Crippen LogP contribution in [0.25, 0.3) is 0 Å². The number of carbonyl (C=O) groups excluding carboxylic acids is 2. The molecular weight excluding hydrogens is 386 g/mol. The second kappa shape index (κ2) is 9.84. The number of aromatic nitrogens is 1. The van der Waals surface area contributed by atoms with Crippen LogP contribution in [0.2, 0.25) is 0 Å². The molecule has 0 aliphatic carbocycles. The number of hydrogen-bond acceptors (Lipinski definition) is 6. The Hall–Kier alpha value is -3.19. The summed E-state index contributed by atoms with van der Waals surface area (Å²) in [7, 11) is 1.69. The standard InChI is InChI=1S/C22H23N3O3S/c1-16(20(26)25(2)14-18-11-7-4-8-12-18)28-21(27)19-15-29-22(24-19)23-13-17-9-5-3-6-10-17/h3-12,15-16H,13-14H2,1-2H3,(H,23,24)/t16-/m1/s1. The van der Waals surface area contributed by atoms with Crippen LogP contribution >= 0.6 is 11.3 Å². The molecule has 0 fully saturated rings. The summed E-state index contributed by atoms with van der Waals surface area (Å²) in [5.41, 5.74) is 2.32. The first-order valence-electron chi connectivity index (χ1n) is 9.26. The highest BCUT2D eigenvalue weighted by Crippen LogP contribution is 2.18. The van der Waals surface area contributed by atoms with E-state index in [1.807, 2.05) is 60.7 Å². The third kappa shape index (κ3) is 5.89. The highest BCUT2D eigenvalue weighted by molar-refractivity contribution is 7.13. The lowest BCUT2D eigenvalue weighted by molar-refractivity contribution is -0.139. The van der Waals surface area contributed by atoms with Gasteiger partial charge in [-0.3, -0.25) is 4.79 Å². The van der Waals surface area contributed by atoms with E-state index in [-0.39, 0.29) is 11.6 Å². The van der Waals surface area contributed by atoms with Crippen LogP contribution in [0.3, 0.4) is 0 Å². The van der Waals surface area contributed by atoms with Crippen LogP contribution in [-0.2, 0) is 22.6 Å². The maximum absolute atomic E-state index is 12.5. The van der Waals surface area contributed by atoms with E-state index in [0.29, 0.717) is 18.2 Å². The first-order valence-corrected chi connectivity index (χ1v) is 10.1. The molecule has 0 saturated heterocycles. The first-order chi connectivity index (χ1) is 14.0. The summed E-state index contributed by atoms with van der Waals surface area (Å²) >= 11 is 1.32. The smallest absolute Gasteiger partial charge is 0.358 e. The van der Waals surface area contributed by atoms with E-state index in [1.54, 1.807) is 24.3 Å². The molecule has 1 N–H and O–H groups in total. The number of nitrogens with zero attached hydrogens (tertiary/aromatic N) is 2. The van der Waals surface area contributed by atoms with E-state index in [1.165, 1.54) is 11.3 Å². The van der Waals surface area contributed by atoms with Gasteiger partial charge in [-0.15, -0.1) is 11.3 Å². The van der Waals surface area contributed by atoms with Crippen molar-refractivity contribution in [3.05, 3.63) is 82.9 Å². The number of likely N-dealkylation sites (N-methyl/N-ethyl adjacent to an activating group) is 1. The van der Waals surface area contributed by atoms with Gasteiger partial charge in [0.05, 0.1) is 0 Å². The third-order valence-electron chi connectivity index (χ3n) is 4.27. The Kier molecular flexibility index (Phi) is 6.97. The van der Waals surface area contributed by atoms with Crippen molar-refractivity contribution in [1.29, 1.82) is 0 Å². The van der Waals surface area contributed by atoms with Crippen LogP contribution in [0.1, 0.15) is 28.5 Å². The van der Waals surface area contributed by atoms with Crippen LogP contribution < -0.4 is 5.32 Å². The summed E-state index contributed by atoms with van der Waals surface area (Å²) in [5.74, 6) is -0.872. The first kappa shape index (κ1) is 20.5. The molecule has 2 aromatic carbocycles. The number of nitrogens with one attached hydrogen (secondary N) is 1. The van der Waals surface area contributed by atoms with Gasteiger partial charge in [-0.2, -0.15) is 0 Å². The largest absolute Gasteiger partial charge is 0.448 e. The van der Waals surface area contributed by atoms with E-state index in [9.17, 15) is 9.59 Å². The summed E-state index contributed by atoms with van der Waals surface area (Å²) < 4.78 is 5.32. The zero-order valence-electron chi connectivity index (χ0n) is 16.4. The SMILES string of the molecule is C[C@@H](OC(=O)c1csc(NCc2ccccc2)n1)C(=O)N(C)Cc1ccccc1. The molecule has 29 heavy (non-hydrogen) atoms. The lowest BCUT2D eigenvalue weighted by Gasteiger charge is -2.21. The summed E-state index contributed by atoms with van der Waals surface area (Å²) in [5, 5.41) is 5.43. The molecule has 3 aromatic rings. The van der Waals surface area contributed by atoms with Gasteiger partial charge in [0.15, 0.2) is 16.9 Å². The van der Waals surface area contributed by atoms with Crippen LogP contribution in [0.5, 0.6) is 0 Å². The fourth-order valence-electron chi connectivity index (χ4n) is 2.74. The minimum atomic E-state index is -0.890. The Morgan fingerprint density at radius 3 is 2.34 bits per heavy atom. The maximum atomic E-state index is 12.5. The number of anilines is 1. The summed E-state index contributed by atoms with van der Waals surface area (Å²) in [4.78, 5) is 30.6. The molecule has 1 atom stereocenters. The van der Waals surface area contributed by atoms with Crippen molar-refractivity contribution in [3.63, 3.8) is 0 Å². The van der Waals surface area contributed by atoms with Crippen molar-refractivity contribution in [2.24, 2.45) is 0 Å². The van der Waals surface area contributed by atoms with Gasteiger partial charge in [-0.25, -0.2) is 9.78 Å². The number of amides is 1. The van der Waals surface area contributed by atoms with E-state index >= 15 is 0 Å². The number of benzene rings is 2. The highest BCUT2D eigenvalue weighted by atomic mass is 32.1. The summed E-state index contributed by atoms with van der Waals surface area (Å²) in [6.07, 6.45) is -0.890. The summed E-state index contributed by atoms with van der Waals surface area (Å²) in [6.45, 7) is 2.64. The minimum absolute atomic E-state index is 0.191. The van der Waals surface area contributed by atoms with Crippen molar-refractivity contribution in [2.75, 3.05) is 12.4 Å². The van der Waals surface area contributed by atoms with Gasteiger partial charge in [-0.05, 0) is 18.1 Å². The van der Waals surface area contributed by atoms with Crippen molar-refractivity contribution in [3.8, 4) is 0 Å². The molecule has 3 rings (SSSR count). The van der Waals surface area contributed by atoms with Gasteiger partial charge in [0.2, 0.25) is 0 Å². The Bertz CT molecular complexity index is 944. The molecule has 0 saturated carbocycles. The molecule has 1 amide bonds. The topological polar surface area (TPSA) is 71.5 Å². The fraction of sp³-hybridized carbons (Fsp3) is 0.227. The number of rotatable bonds is 8. The van der Waals surface area contributed by atoms with E-state index in [0.717, 1.165) is 11.1 Å². The third-order valence-corrected chi connectivity index (χ3v) is 5.07. The molecule has 0 bridgehead atoms. The second-order valence-corrected chi connectivity index (χ2v) is 7.46. The van der Waals surface area contributed by atoms with Crippen LogP contribution in [0.4, 0.5) is 5.13 Å². The molecule has 0 unspecified atom stereocenters. The molecule has 0 spiro atoms. The second-order valence-electron chi connectivity index (χ2n) is 6.60. The predicted molar refractivity (Wildman–Crippen MR) is 114 cm³/mol. The number of hydrogen-bond donors (Lipinski definition) is 1. The van der Waals surface area contributed by atoms with Crippen molar-refractivity contribution in [2.45, 2.75) is 26.1 Å². The molecule has 6 nitrogen and oxygen atoms in total. The van der Waals surface area contributed by atoms with Gasteiger partial charge in [-0.1, -0.05) is 60.7 Å². The molecule has 0 aliphatic rings. The monoisotopic (exact) mass is 409 g/mol. The van der Waals surface area contributed by atoms with E-state index < -0.39 is 12.1 Å². The fourth-order valence-corrected chi connectivity index (χ4v) is 3.42. The lowest BCUT2D eigenvalue weighted by Crippen LogP contribution is -2.37. The molecule has 0 radical (unpaired) electrons. The number of esters is 1. The molecule has 150 valence electrons. The van der Waals surface area contributed by atoms with Crippen molar-refractivity contribution < 1.29 is 14.3 Å². The summed E-state index contributed by atoms with van der Waals surface area (Å²) in [6, 6.07) is 19.6. The van der Waals surface area contributed by atoms with Gasteiger partial charge in [0.1, 0.15) is 0 Å².